The van der Waals surface area contributed by atoms with Crippen LogP contribution in [0.2, 0.25) is 0 Å². The smallest absolute Gasteiger partial charge is 0.339 e. The molecular weight excluding hydrogens is 347 g/mol. The molecule has 0 bridgehead atoms. The fourth-order valence-corrected chi connectivity index (χ4v) is 2.74. The standard InChI is InChI=1S/C10H9Br2ClO2/c1-2-15-10(14)7-3-6(5-13)8(11)4-9(7)12/h3-4H,2,5H2,1H3. The fraction of sp³-hybridized carbons (Fsp3) is 0.300. The summed E-state index contributed by atoms with van der Waals surface area (Å²) in [6.45, 7) is 2.13. The Morgan fingerprint density at radius 2 is 2.07 bits per heavy atom. The number of esters is 1. The Morgan fingerprint density at radius 3 is 2.60 bits per heavy atom. The summed E-state index contributed by atoms with van der Waals surface area (Å²) in [6.07, 6.45) is 0. The monoisotopic (exact) mass is 354 g/mol. The third-order valence-electron chi connectivity index (χ3n) is 1.78. The van der Waals surface area contributed by atoms with E-state index >= 15 is 0 Å². The molecule has 0 fully saturated rings. The Hall–Kier alpha value is -0.0600. The second kappa shape index (κ2) is 5.87. The van der Waals surface area contributed by atoms with Gasteiger partial charge in [0.25, 0.3) is 0 Å². The zero-order chi connectivity index (χ0) is 11.4. The molecule has 0 aliphatic carbocycles. The van der Waals surface area contributed by atoms with Gasteiger partial charge in [0.05, 0.1) is 12.2 Å². The molecule has 1 aromatic carbocycles. The first-order valence-corrected chi connectivity index (χ1v) is 6.43. The summed E-state index contributed by atoms with van der Waals surface area (Å²) in [6, 6.07) is 3.52. The molecule has 0 spiro atoms. The summed E-state index contributed by atoms with van der Waals surface area (Å²) < 4.78 is 6.49. The summed E-state index contributed by atoms with van der Waals surface area (Å²) in [5, 5.41) is 0. The van der Waals surface area contributed by atoms with Crippen LogP contribution in [0.25, 0.3) is 0 Å². The van der Waals surface area contributed by atoms with Crippen LogP contribution in [0.1, 0.15) is 22.8 Å². The van der Waals surface area contributed by atoms with Gasteiger partial charge in [-0.05, 0) is 40.5 Å². The van der Waals surface area contributed by atoms with Crippen LogP contribution in [0.3, 0.4) is 0 Å². The lowest BCUT2D eigenvalue weighted by Crippen LogP contribution is -2.06. The van der Waals surface area contributed by atoms with E-state index in [-0.39, 0.29) is 5.97 Å². The van der Waals surface area contributed by atoms with Crippen molar-refractivity contribution in [1.29, 1.82) is 0 Å². The quantitative estimate of drug-likeness (QED) is 0.601. The number of hydrogen-bond acceptors (Lipinski definition) is 2. The van der Waals surface area contributed by atoms with Gasteiger partial charge in [-0.3, -0.25) is 0 Å². The van der Waals surface area contributed by atoms with Crippen molar-refractivity contribution in [2.45, 2.75) is 12.8 Å². The normalized spacial score (nSPS) is 10.1. The molecule has 0 heterocycles. The number of rotatable bonds is 3. The fourth-order valence-electron chi connectivity index (χ4n) is 1.06. The van der Waals surface area contributed by atoms with Crippen molar-refractivity contribution >= 4 is 49.4 Å². The zero-order valence-corrected chi connectivity index (χ0v) is 11.9. The van der Waals surface area contributed by atoms with Gasteiger partial charge < -0.3 is 4.74 Å². The van der Waals surface area contributed by atoms with Crippen molar-refractivity contribution in [3.05, 3.63) is 32.2 Å². The SMILES string of the molecule is CCOC(=O)c1cc(CCl)c(Br)cc1Br. The molecule has 0 amide bonds. The van der Waals surface area contributed by atoms with E-state index in [9.17, 15) is 4.79 Å². The van der Waals surface area contributed by atoms with Gasteiger partial charge in [0.1, 0.15) is 0 Å². The highest BCUT2D eigenvalue weighted by molar-refractivity contribution is 9.11. The number of carbonyl (C=O) groups is 1. The minimum Gasteiger partial charge on any atom is -0.462 e. The van der Waals surface area contributed by atoms with Crippen LogP contribution in [-0.4, -0.2) is 12.6 Å². The first kappa shape index (κ1) is 13.0. The second-order valence-electron chi connectivity index (χ2n) is 2.78. The number of benzene rings is 1. The Kier molecular flexibility index (Phi) is 5.09. The maximum absolute atomic E-state index is 11.5. The van der Waals surface area contributed by atoms with Crippen LogP contribution in [0.4, 0.5) is 0 Å². The maximum Gasteiger partial charge on any atom is 0.339 e. The summed E-state index contributed by atoms with van der Waals surface area (Å²) in [4.78, 5) is 11.5. The van der Waals surface area contributed by atoms with Crippen LogP contribution >= 0.6 is 43.5 Å². The van der Waals surface area contributed by atoms with Crippen molar-refractivity contribution in [3.8, 4) is 0 Å². The van der Waals surface area contributed by atoms with Gasteiger partial charge in [0, 0.05) is 14.8 Å². The van der Waals surface area contributed by atoms with E-state index in [1.165, 1.54) is 0 Å². The van der Waals surface area contributed by atoms with Gasteiger partial charge in [-0.1, -0.05) is 15.9 Å². The summed E-state index contributed by atoms with van der Waals surface area (Å²) in [7, 11) is 0. The van der Waals surface area contributed by atoms with E-state index in [2.05, 4.69) is 31.9 Å². The Bertz CT molecular complexity index is 380. The molecule has 0 radical (unpaired) electrons. The number of carbonyl (C=O) groups excluding carboxylic acids is 1. The molecule has 2 nitrogen and oxygen atoms in total. The molecule has 5 heteroatoms. The van der Waals surface area contributed by atoms with Crippen LogP contribution in [0.5, 0.6) is 0 Å². The summed E-state index contributed by atoms with van der Waals surface area (Å²) >= 11 is 12.4. The largest absolute Gasteiger partial charge is 0.462 e. The number of ether oxygens (including phenoxy) is 1. The lowest BCUT2D eigenvalue weighted by molar-refractivity contribution is 0.0525. The van der Waals surface area contributed by atoms with Gasteiger partial charge >= 0.3 is 5.97 Å². The molecule has 0 unspecified atom stereocenters. The van der Waals surface area contributed by atoms with Crippen LogP contribution in [0.15, 0.2) is 21.1 Å². The van der Waals surface area contributed by atoms with Crippen LogP contribution in [-0.2, 0) is 10.6 Å². The van der Waals surface area contributed by atoms with Gasteiger partial charge in [0.15, 0.2) is 0 Å². The van der Waals surface area contributed by atoms with E-state index in [4.69, 9.17) is 16.3 Å². The summed E-state index contributed by atoms with van der Waals surface area (Å²) in [5.74, 6) is 0.00327. The van der Waals surface area contributed by atoms with Crippen LogP contribution in [0, 0.1) is 0 Å². The molecule has 0 saturated carbocycles. The lowest BCUT2D eigenvalue weighted by Gasteiger charge is -2.07. The molecule has 0 N–H and O–H groups in total. The average molecular weight is 356 g/mol. The Balaban J connectivity index is 3.12. The van der Waals surface area contributed by atoms with Gasteiger partial charge in [-0.25, -0.2) is 4.79 Å². The van der Waals surface area contributed by atoms with Gasteiger partial charge in [0.2, 0.25) is 0 Å². The van der Waals surface area contributed by atoms with E-state index in [0.717, 1.165) is 10.0 Å². The molecule has 0 aliphatic heterocycles. The highest BCUT2D eigenvalue weighted by Gasteiger charge is 2.13. The Labute approximate surface area is 110 Å². The molecule has 82 valence electrons. The average Bonchev–Trinajstić information content (AvgIpc) is 2.18. The molecule has 15 heavy (non-hydrogen) atoms. The predicted octanol–water partition coefficient (Wildman–Crippen LogP) is 4.13. The predicted molar refractivity (Wildman–Crippen MR) is 67.4 cm³/mol. The number of halogens is 3. The zero-order valence-electron chi connectivity index (χ0n) is 8.02. The van der Waals surface area contributed by atoms with Crippen molar-refractivity contribution < 1.29 is 9.53 Å². The third kappa shape index (κ3) is 3.20. The Morgan fingerprint density at radius 1 is 1.40 bits per heavy atom. The first-order chi connectivity index (χ1) is 7.10. The maximum atomic E-state index is 11.5. The number of alkyl halides is 1. The highest BCUT2D eigenvalue weighted by Crippen LogP contribution is 2.27. The van der Waals surface area contributed by atoms with Crippen molar-refractivity contribution in [1.82, 2.24) is 0 Å². The molecule has 0 aliphatic rings. The van der Waals surface area contributed by atoms with Gasteiger partial charge in [-0.15, -0.1) is 11.6 Å². The van der Waals surface area contributed by atoms with E-state index in [1.807, 2.05) is 0 Å². The number of hydrogen-bond donors (Lipinski definition) is 0. The van der Waals surface area contributed by atoms with Crippen molar-refractivity contribution in [3.63, 3.8) is 0 Å². The molecule has 0 saturated heterocycles. The van der Waals surface area contributed by atoms with E-state index in [0.29, 0.717) is 22.5 Å². The molecule has 1 rings (SSSR count). The van der Waals surface area contributed by atoms with E-state index < -0.39 is 0 Å². The van der Waals surface area contributed by atoms with E-state index in [1.54, 1.807) is 19.1 Å². The first-order valence-electron chi connectivity index (χ1n) is 4.31. The minimum absolute atomic E-state index is 0.344. The van der Waals surface area contributed by atoms with Crippen LogP contribution < -0.4 is 0 Å². The molecule has 0 atom stereocenters. The molecular formula is C10H9Br2ClO2. The minimum atomic E-state index is -0.344. The third-order valence-corrected chi connectivity index (χ3v) is 3.46. The van der Waals surface area contributed by atoms with Gasteiger partial charge in [-0.2, -0.15) is 0 Å². The molecule has 0 aromatic heterocycles. The lowest BCUT2D eigenvalue weighted by atomic mass is 10.1. The van der Waals surface area contributed by atoms with Crippen molar-refractivity contribution in [2.24, 2.45) is 0 Å². The highest BCUT2D eigenvalue weighted by atomic mass is 79.9. The van der Waals surface area contributed by atoms with Crippen molar-refractivity contribution in [2.75, 3.05) is 6.61 Å². The summed E-state index contributed by atoms with van der Waals surface area (Å²) in [5.41, 5.74) is 1.36. The topological polar surface area (TPSA) is 26.3 Å². The second-order valence-corrected chi connectivity index (χ2v) is 4.75. The molecule has 1 aromatic rings.